The van der Waals surface area contributed by atoms with Crippen molar-refractivity contribution in [3.8, 4) is 0 Å². The molecule has 80 valence electrons. The lowest BCUT2D eigenvalue weighted by Crippen LogP contribution is -2.41. The number of hydrazine groups is 1. The molecule has 1 fully saturated rings. The number of H-pyrrole nitrogens is 1. The van der Waals surface area contributed by atoms with Crippen LogP contribution in [0.5, 0.6) is 0 Å². The number of aromatic nitrogens is 4. The maximum atomic E-state index is 3.80. The summed E-state index contributed by atoms with van der Waals surface area (Å²) >= 11 is 0. The molecule has 0 radical (unpaired) electrons. The normalized spacial score (nSPS) is 20.3. The third-order valence-electron chi connectivity index (χ3n) is 2.96. The van der Waals surface area contributed by atoms with Crippen molar-refractivity contribution in [1.82, 2.24) is 30.9 Å². The van der Waals surface area contributed by atoms with Gasteiger partial charge in [-0.15, -0.1) is 5.10 Å². The first-order chi connectivity index (χ1) is 7.42. The predicted octanol–water partition coefficient (Wildman–Crippen LogP) is -0.317. The lowest BCUT2D eigenvalue weighted by Gasteiger charge is -2.39. The molecule has 0 unspecified atom stereocenters. The van der Waals surface area contributed by atoms with Gasteiger partial charge in [0.15, 0.2) is 0 Å². The fourth-order valence-electron chi connectivity index (χ4n) is 2.12. The third kappa shape index (κ3) is 1.60. The van der Waals surface area contributed by atoms with Crippen molar-refractivity contribution in [2.45, 2.75) is 12.8 Å². The van der Waals surface area contributed by atoms with Gasteiger partial charge < -0.3 is 10.3 Å². The predicted molar refractivity (Wildman–Crippen MR) is 53.3 cm³/mol. The van der Waals surface area contributed by atoms with E-state index in [1.165, 1.54) is 31.6 Å². The van der Waals surface area contributed by atoms with Gasteiger partial charge in [0.2, 0.25) is 0 Å². The minimum Gasteiger partial charge on any atom is -0.376 e. The van der Waals surface area contributed by atoms with E-state index in [0.29, 0.717) is 11.9 Å². The highest BCUT2D eigenvalue weighted by atomic mass is 15.6. The third-order valence-corrected chi connectivity index (χ3v) is 2.96. The van der Waals surface area contributed by atoms with E-state index in [9.17, 15) is 0 Å². The van der Waals surface area contributed by atoms with E-state index in [0.717, 1.165) is 0 Å². The van der Waals surface area contributed by atoms with Gasteiger partial charge >= 0.3 is 0 Å². The molecule has 3 aliphatic rings. The number of tetrazole rings is 1. The summed E-state index contributed by atoms with van der Waals surface area (Å²) in [6, 6.07) is 0. The average Bonchev–Trinajstić information content (AvgIpc) is 2.81. The number of allylic oxidation sites excluding steroid dienone is 1. The van der Waals surface area contributed by atoms with Crippen molar-refractivity contribution >= 4 is 5.95 Å². The Labute approximate surface area is 86.9 Å². The van der Waals surface area contributed by atoms with Crippen LogP contribution in [0.4, 0.5) is 5.95 Å². The number of piperidine rings is 1. The fourth-order valence-corrected chi connectivity index (χ4v) is 2.12. The summed E-state index contributed by atoms with van der Waals surface area (Å²) in [4.78, 5) is 2.33. The molecule has 3 N–H and O–H groups in total. The molecular formula is C8H13N7. The van der Waals surface area contributed by atoms with Crippen LogP contribution in [0, 0.1) is 5.92 Å². The topological polar surface area (TPSA) is 81.8 Å². The quantitative estimate of drug-likeness (QED) is 0.589. The van der Waals surface area contributed by atoms with E-state index in [2.05, 4.69) is 42.6 Å². The molecule has 0 amide bonds. The molecule has 0 atom stereocenters. The van der Waals surface area contributed by atoms with Gasteiger partial charge in [0.05, 0.1) is 5.70 Å². The summed E-state index contributed by atoms with van der Waals surface area (Å²) in [7, 11) is 0. The smallest absolute Gasteiger partial charge is 0.281 e. The Hall–Kier alpha value is -1.79. The van der Waals surface area contributed by atoms with Crippen LogP contribution in [-0.2, 0) is 0 Å². The van der Waals surface area contributed by atoms with E-state index in [1.807, 2.05) is 0 Å². The minimum atomic E-state index is 0.465. The molecule has 0 aliphatic carbocycles. The van der Waals surface area contributed by atoms with E-state index < -0.39 is 0 Å². The van der Waals surface area contributed by atoms with Gasteiger partial charge in [0, 0.05) is 25.2 Å². The summed E-state index contributed by atoms with van der Waals surface area (Å²) in [6.07, 6.45) is 4.63. The number of rotatable bonds is 3. The lowest BCUT2D eigenvalue weighted by atomic mass is 9.90. The standard InChI is InChI=1S/C8H13N7/c1-3-15-4-2-6(1)7(5-15)9-10-8-11-13-14-12-8/h5-6,9H,1-4H2,(H2,10,11,12,13,14). The molecule has 2 bridgehead atoms. The van der Waals surface area contributed by atoms with Crippen LogP contribution in [0.1, 0.15) is 12.8 Å². The number of nitrogens with zero attached hydrogens (tertiary/aromatic N) is 4. The van der Waals surface area contributed by atoms with Crippen molar-refractivity contribution in [2.75, 3.05) is 18.5 Å². The van der Waals surface area contributed by atoms with Gasteiger partial charge in [-0.1, -0.05) is 5.10 Å². The SMILES string of the molecule is C1=C(NNc2nn[nH]n2)C2CCN1CC2. The number of fused-ring (bicyclic) bond motifs is 2. The molecule has 0 spiro atoms. The van der Waals surface area contributed by atoms with E-state index in [-0.39, 0.29) is 0 Å². The molecule has 0 aromatic carbocycles. The molecule has 7 nitrogen and oxygen atoms in total. The van der Waals surface area contributed by atoms with Crippen molar-refractivity contribution < 1.29 is 0 Å². The van der Waals surface area contributed by atoms with Gasteiger partial charge in [-0.2, -0.15) is 5.21 Å². The maximum absolute atomic E-state index is 3.80. The van der Waals surface area contributed by atoms with Crippen LogP contribution < -0.4 is 10.9 Å². The van der Waals surface area contributed by atoms with E-state index in [4.69, 9.17) is 0 Å². The summed E-state index contributed by atoms with van der Waals surface area (Å²) < 4.78 is 0. The van der Waals surface area contributed by atoms with E-state index in [1.54, 1.807) is 0 Å². The van der Waals surface area contributed by atoms with Gasteiger partial charge in [0.1, 0.15) is 0 Å². The summed E-state index contributed by atoms with van der Waals surface area (Å²) in [5.74, 6) is 1.11. The fraction of sp³-hybridized carbons (Fsp3) is 0.625. The number of aromatic amines is 1. The molecule has 4 heterocycles. The summed E-state index contributed by atoms with van der Waals surface area (Å²) in [6.45, 7) is 2.36. The first kappa shape index (κ1) is 8.51. The minimum absolute atomic E-state index is 0.465. The van der Waals surface area contributed by atoms with Gasteiger partial charge in [-0.25, -0.2) is 0 Å². The second-order valence-electron chi connectivity index (χ2n) is 3.88. The summed E-state index contributed by atoms with van der Waals surface area (Å²) in [5, 5.41) is 13.5. The number of hydrogen-bond acceptors (Lipinski definition) is 6. The molecule has 1 aromatic heterocycles. The first-order valence-electron chi connectivity index (χ1n) is 5.13. The molecule has 0 saturated carbocycles. The van der Waals surface area contributed by atoms with E-state index >= 15 is 0 Å². The number of hydrogen-bond donors (Lipinski definition) is 3. The monoisotopic (exact) mass is 207 g/mol. The van der Waals surface area contributed by atoms with Crippen LogP contribution in [0.2, 0.25) is 0 Å². The van der Waals surface area contributed by atoms with Crippen molar-refractivity contribution in [3.63, 3.8) is 0 Å². The zero-order valence-electron chi connectivity index (χ0n) is 8.27. The molecule has 4 rings (SSSR count). The highest BCUT2D eigenvalue weighted by Crippen LogP contribution is 2.28. The summed E-state index contributed by atoms with van der Waals surface area (Å²) in [5.41, 5.74) is 7.28. The first-order valence-corrected chi connectivity index (χ1v) is 5.13. The van der Waals surface area contributed by atoms with Gasteiger partial charge in [-0.3, -0.25) is 5.43 Å². The second-order valence-corrected chi connectivity index (χ2v) is 3.88. The average molecular weight is 207 g/mol. The van der Waals surface area contributed by atoms with Crippen LogP contribution in [0.3, 0.4) is 0 Å². The number of nitrogens with one attached hydrogen (secondary N) is 3. The zero-order valence-corrected chi connectivity index (χ0v) is 8.27. The van der Waals surface area contributed by atoms with Gasteiger partial charge in [-0.05, 0) is 18.1 Å². The highest BCUT2D eigenvalue weighted by Gasteiger charge is 2.26. The Balaban J connectivity index is 1.64. The van der Waals surface area contributed by atoms with Crippen LogP contribution >= 0.6 is 0 Å². The Bertz CT molecular complexity index is 349. The second kappa shape index (κ2) is 3.41. The Morgan fingerprint density at radius 1 is 1.33 bits per heavy atom. The maximum Gasteiger partial charge on any atom is 0.281 e. The molecule has 7 heteroatoms. The molecule has 15 heavy (non-hydrogen) atoms. The zero-order chi connectivity index (χ0) is 10.1. The Morgan fingerprint density at radius 3 is 2.80 bits per heavy atom. The molecule has 1 aromatic rings. The van der Waals surface area contributed by atoms with Crippen molar-refractivity contribution in [3.05, 3.63) is 11.9 Å². The Morgan fingerprint density at radius 2 is 2.20 bits per heavy atom. The highest BCUT2D eigenvalue weighted by molar-refractivity contribution is 5.21. The molecule has 3 aliphatic heterocycles. The lowest BCUT2D eigenvalue weighted by molar-refractivity contribution is 0.223. The van der Waals surface area contributed by atoms with Crippen molar-refractivity contribution in [1.29, 1.82) is 0 Å². The Kier molecular flexibility index (Phi) is 1.94. The van der Waals surface area contributed by atoms with Crippen LogP contribution in [0.25, 0.3) is 0 Å². The largest absolute Gasteiger partial charge is 0.376 e. The molecule has 1 saturated heterocycles. The molecular weight excluding hydrogens is 194 g/mol. The number of anilines is 1. The van der Waals surface area contributed by atoms with Crippen LogP contribution in [-0.4, -0.2) is 38.6 Å². The van der Waals surface area contributed by atoms with Gasteiger partial charge in [0.25, 0.3) is 5.95 Å². The van der Waals surface area contributed by atoms with Crippen molar-refractivity contribution in [2.24, 2.45) is 5.92 Å². The van der Waals surface area contributed by atoms with Crippen LogP contribution in [0.15, 0.2) is 11.9 Å².